The highest BCUT2D eigenvalue weighted by Crippen LogP contribution is 2.22. The highest BCUT2D eigenvalue weighted by atomic mass is 79.9. The van der Waals surface area contributed by atoms with Gasteiger partial charge in [-0.1, -0.05) is 0 Å². The number of nitrogens with zero attached hydrogens (tertiary/aromatic N) is 1. The molecule has 8 heteroatoms. The van der Waals surface area contributed by atoms with E-state index >= 15 is 0 Å². The first-order valence-electron chi connectivity index (χ1n) is 5.33. The summed E-state index contributed by atoms with van der Waals surface area (Å²) in [6.45, 7) is -1.88. The topological polar surface area (TPSA) is 42.4 Å². The second-order valence-corrected chi connectivity index (χ2v) is 4.82. The van der Waals surface area contributed by atoms with Crippen LogP contribution in [0, 0.1) is 0 Å². The summed E-state index contributed by atoms with van der Waals surface area (Å²) in [5.41, 5.74) is 0.542. The Morgan fingerprint density at radius 2 is 2.05 bits per heavy atom. The van der Waals surface area contributed by atoms with Crippen molar-refractivity contribution < 1.29 is 27.4 Å². The largest absolute Gasteiger partial charge is 0.390 e. The van der Waals surface area contributed by atoms with Crippen molar-refractivity contribution in [3.05, 3.63) is 28.5 Å². The van der Waals surface area contributed by atoms with Crippen LogP contribution >= 0.6 is 15.9 Å². The molecule has 0 saturated carbocycles. The van der Waals surface area contributed by atoms with Crippen molar-refractivity contribution in [1.29, 1.82) is 0 Å². The fourth-order valence-corrected chi connectivity index (χ4v) is 1.46. The number of rotatable bonds is 7. The van der Waals surface area contributed by atoms with E-state index in [2.05, 4.69) is 25.7 Å². The lowest BCUT2D eigenvalue weighted by atomic mass is 10.2. The molecule has 1 rings (SSSR count). The molecule has 1 heterocycles. The zero-order valence-corrected chi connectivity index (χ0v) is 11.3. The standard InChI is InChI=1S/C11H12BrF4NO2/c12-7-1-2-8(17-4-7)3-9(18)5-19-6-11(15,16)10(13)14/h1-2,4,9-10,18H,3,5-6H2. The van der Waals surface area contributed by atoms with E-state index in [1.54, 1.807) is 12.1 Å². The molecule has 108 valence electrons. The Balaban J connectivity index is 2.32. The van der Waals surface area contributed by atoms with Crippen molar-refractivity contribution in [2.24, 2.45) is 0 Å². The minimum absolute atomic E-state index is 0.0908. The number of aliphatic hydroxyl groups excluding tert-OH is 1. The van der Waals surface area contributed by atoms with Gasteiger partial charge in [0.15, 0.2) is 0 Å². The number of hydrogen-bond acceptors (Lipinski definition) is 3. The van der Waals surface area contributed by atoms with Gasteiger partial charge in [0.1, 0.15) is 6.61 Å². The maximum atomic E-state index is 12.5. The lowest BCUT2D eigenvalue weighted by Gasteiger charge is -2.17. The van der Waals surface area contributed by atoms with Gasteiger partial charge in [0.2, 0.25) is 0 Å². The van der Waals surface area contributed by atoms with Gasteiger partial charge in [0, 0.05) is 22.8 Å². The van der Waals surface area contributed by atoms with Gasteiger partial charge in [-0.15, -0.1) is 0 Å². The van der Waals surface area contributed by atoms with Crippen molar-refractivity contribution >= 4 is 15.9 Å². The summed E-state index contributed by atoms with van der Waals surface area (Å²) in [6.07, 6.45) is -3.25. The molecule has 0 aliphatic rings. The minimum atomic E-state index is -4.20. The van der Waals surface area contributed by atoms with Crippen LogP contribution in [0.4, 0.5) is 17.6 Å². The Morgan fingerprint density at radius 1 is 1.37 bits per heavy atom. The third-order valence-corrected chi connectivity index (χ3v) is 2.63. The number of halogens is 5. The van der Waals surface area contributed by atoms with Crippen LogP contribution in [0.25, 0.3) is 0 Å². The highest BCUT2D eigenvalue weighted by molar-refractivity contribution is 9.10. The van der Waals surface area contributed by atoms with Crippen LogP contribution in [0.5, 0.6) is 0 Å². The van der Waals surface area contributed by atoms with Gasteiger partial charge in [-0.3, -0.25) is 4.98 Å². The van der Waals surface area contributed by atoms with Crippen LogP contribution in [-0.2, 0) is 11.2 Å². The van der Waals surface area contributed by atoms with E-state index in [0.29, 0.717) is 5.69 Å². The molecular weight excluding hydrogens is 334 g/mol. The molecular formula is C11H12BrF4NO2. The highest BCUT2D eigenvalue weighted by Gasteiger charge is 2.41. The summed E-state index contributed by atoms with van der Waals surface area (Å²) in [7, 11) is 0. The van der Waals surface area contributed by atoms with E-state index in [4.69, 9.17) is 0 Å². The van der Waals surface area contributed by atoms with E-state index in [1.165, 1.54) is 6.20 Å². The first-order chi connectivity index (χ1) is 8.81. The maximum absolute atomic E-state index is 12.5. The Labute approximate surface area is 115 Å². The number of aromatic nitrogens is 1. The molecule has 3 nitrogen and oxygen atoms in total. The Kier molecular flexibility index (Phi) is 6.15. The van der Waals surface area contributed by atoms with Crippen molar-refractivity contribution in [2.45, 2.75) is 24.9 Å². The summed E-state index contributed by atoms with van der Waals surface area (Å²) < 4.78 is 53.8. The summed E-state index contributed by atoms with van der Waals surface area (Å²) in [5, 5.41) is 9.50. The van der Waals surface area contributed by atoms with Crippen LogP contribution in [0.1, 0.15) is 5.69 Å². The average Bonchev–Trinajstić information content (AvgIpc) is 2.31. The van der Waals surface area contributed by atoms with Gasteiger partial charge in [0.25, 0.3) is 0 Å². The molecule has 1 unspecified atom stereocenters. The molecule has 0 spiro atoms. The summed E-state index contributed by atoms with van der Waals surface area (Å²) in [5.74, 6) is -4.20. The quantitative estimate of drug-likeness (QED) is 0.772. The van der Waals surface area contributed by atoms with Crippen LogP contribution in [0.15, 0.2) is 22.8 Å². The zero-order chi connectivity index (χ0) is 14.5. The van der Waals surface area contributed by atoms with Crippen LogP contribution in [-0.4, -0.2) is 41.8 Å². The molecule has 0 bridgehead atoms. The van der Waals surface area contributed by atoms with E-state index in [-0.39, 0.29) is 6.42 Å². The van der Waals surface area contributed by atoms with Crippen LogP contribution in [0.2, 0.25) is 0 Å². The molecule has 0 aliphatic heterocycles. The van der Waals surface area contributed by atoms with Gasteiger partial charge in [-0.2, -0.15) is 8.78 Å². The molecule has 0 fully saturated rings. The lowest BCUT2D eigenvalue weighted by Crippen LogP contribution is -2.34. The average molecular weight is 346 g/mol. The molecule has 0 saturated heterocycles. The first kappa shape index (κ1) is 16.3. The van der Waals surface area contributed by atoms with Gasteiger partial charge in [-0.25, -0.2) is 8.78 Å². The third-order valence-electron chi connectivity index (χ3n) is 2.16. The molecule has 0 amide bonds. The van der Waals surface area contributed by atoms with E-state index < -0.39 is 31.7 Å². The number of ether oxygens (including phenoxy) is 1. The number of hydrogen-bond donors (Lipinski definition) is 1. The van der Waals surface area contributed by atoms with Crippen molar-refractivity contribution in [1.82, 2.24) is 4.98 Å². The summed E-state index contributed by atoms with van der Waals surface area (Å²) >= 11 is 3.18. The predicted molar refractivity (Wildman–Crippen MR) is 63.4 cm³/mol. The third kappa shape index (κ3) is 5.84. The van der Waals surface area contributed by atoms with Gasteiger partial charge >= 0.3 is 12.3 Å². The van der Waals surface area contributed by atoms with Crippen molar-refractivity contribution in [3.8, 4) is 0 Å². The molecule has 1 aromatic rings. The lowest BCUT2D eigenvalue weighted by molar-refractivity contribution is -0.170. The van der Waals surface area contributed by atoms with Crippen LogP contribution in [0.3, 0.4) is 0 Å². The summed E-state index contributed by atoms with van der Waals surface area (Å²) in [4.78, 5) is 3.97. The van der Waals surface area contributed by atoms with Gasteiger partial charge in [0.05, 0.1) is 12.7 Å². The smallest absolute Gasteiger partial charge is 0.330 e. The Hall–Kier alpha value is -0.730. The van der Waals surface area contributed by atoms with Gasteiger partial charge in [-0.05, 0) is 28.1 Å². The number of aliphatic hydroxyl groups is 1. The number of pyridine rings is 1. The fraction of sp³-hybridized carbons (Fsp3) is 0.545. The molecule has 1 N–H and O–H groups in total. The molecule has 1 atom stereocenters. The zero-order valence-electron chi connectivity index (χ0n) is 9.70. The van der Waals surface area contributed by atoms with Crippen molar-refractivity contribution in [3.63, 3.8) is 0 Å². The second kappa shape index (κ2) is 7.16. The normalized spacial score (nSPS) is 13.8. The number of alkyl halides is 4. The predicted octanol–water partition coefficient (Wildman–Crippen LogP) is 2.66. The van der Waals surface area contributed by atoms with Crippen LogP contribution < -0.4 is 0 Å². The monoisotopic (exact) mass is 345 g/mol. The SMILES string of the molecule is OC(COCC(F)(F)C(F)F)Cc1ccc(Br)cn1. The minimum Gasteiger partial charge on any atom is -0.390 e. The maximum Gasteiger partial charge on any atom is 0.330 e. The summed E-state index contributed by atoms with van der Waals surface area (Å²) in [6, 6.07) is 3.35. The van der Waals surface area contributed by atoms with Crippen molar-refractivity contribution in [2.75, 3.05) is 13.2 Å². The molecule has 19 heavy (non-hydrogen) atoms. The molecule has 1 aromatic heterocycles. The first-order valence-corrected chi connectivity index (χ1v) is 6.13. The Morgan fingerprint density at radius 3 is 2.58 bits per heavy atom. The van der Waals surface area contributed by atoms with Gasteiger partial charge < -0.3 is 9.84 Å². The Bertz CT molecular complexity index is 389. The van der Waals surface area contributed by atoms with E-state index in [1.807, 2.05) is 0 Å². The molecule has 0 aliphatic carbocycles. The fourth-order valence-electron chi connectivity index (χ4n) is 1.22. The van der Waals surface area contributed by atoms with E-state index in [9.17, 15) is 22.7 Å². The molecule has 0 radical (unpaired) electrons. The molecule has 0 aromatic carbocycles. The second-order valence-electron chi connectivity index (χ2n) is 3.90. The van der Waals surface area contributed by atoms with E-state index in [0.717, 1.165) is 4.47 Å².